The number of nitrogens with two attached hydrogens (primary N) is 1. The van der Waals surface area contributed by atoms with Crippen LogP contribution in [0.4, 0.5) is 0 Å². The van der Waals surface area contributed by atoms with Crippen molar-refractivity contribution >= 4 is 5.91 Å². The van der Waals surface area contributed by atoms with E-state index in [1.165, 1.54) is 0 Å². The lowest BCUT2D eigenvalue weighted by Crippen LogP contribution is -2.61. The molecular formula is C24H31N3O3. The molecule has 0 aliphatic carbocycles. The highest BCUT2D eigenvalue weighted by Crippen LogP contribution is 2.37. The lowest BCUT2D eigenvalue weighted by molar-refractivity contribution is -0.0878. The van der Waals surface area contributed by atoms with Crippen LogP contribution in [0.5, 0.6) is 5.75 Å². The number of aliphatic hydroxyl groups is 1. The van der Waals surface area contributed by atoms with Gasteiger partial charge in [0.1, 0.15) is 18.0 Å². The highest BCUT2D eigenvalue weighted by Gasteiger charge is 2.47. The standard InChI is InChI=1S/C24H31N3O3/c25-12-16-30-21-10-6-7-19(17-21)23(28)27-15-11-24(29,20-8-2-1-3-9-20)22(18-27)26-13-4-5-14-26/h1-3,6-10,17,22,29H,4-5,11-16,18,25H2/t22-,24+/m1/s1. The molecule has 6 nitrogen and oxygen atoms in total. The third-order valence-electron chi connectivity index (χ3n) is 6.32. The van der Waals surface area contributed by atoms with Crippen molar-refractivity contribution in [1.29, 1.82) is 0 Å². The summed E-state index contributed by atoms with van der Waals surface area (Å²) in [6.45, 7) is 3.80. The first-order chi connectivity index (χ1) is 14.6. The van der Waals surface area contributed by atoms with Crippen molar-refractivity contribution in [2.45, 2.75) is 30.9 Å². The Morgan fingerprint density at radius 3 is 2.60 bits per heavy atom. The number of hydrogen-bond donors (Lipinski definition) is 2. The summed E-state index contributed by atoms with van der Waals surface area (Å²) >= 11 is 0. The number of piperidine rings is 1. The van der Waals surface area contributed by atoms with Crippen molar-refractivity contribution in [1.82, 2.24) is 9.80 Å². The maximum absolute atomic E-state index is 13.3. The summed E-state index contributed by atoms with van der Waals surface area (Å²) < 4.78 is 5.58. The van der Waals surface area contributed by atoms with E-state index in [0.29, 0.717) is 44.0 Å². The maximum Gasteiger partial charge on any atom is 0.254 e. The van der Waals surface area contributed by atoms with Gasteiger partial charge in [-0.3, -0.25) is 9.69 Å². The Hall–Kier alpha value is -2.41. The normalized spacial score (nSPS) is 24.7. The van der Waals surface area contributed by atoms with Crippen LogP contribution in [0.3, 0.4) is 0 Å². The Morgan fingerprint density at radius 2 is 1.87 bits per heavy atom. The summed E-state index contributed by atoms with van der Waals surface area (Å²) in [6, 6.07) is 17.1. The van der Waals surface area contributed by atoms with Crippen LogP contribution >= 0.6 is 0 Å². The molecule has 2 atom stereocenters. The molecule has 0 saturated carbocycles. The molecule has 4 rings (SSSR count). The minimum absolute atomic E-state index is 0.0208. The largest absolute Gasteiger partial charge is 0.492 e. The van der Waals surface area contributed by atoms with Crippen LogP contribution in [0.15, 0.2) is 54.6 Å². The molecule has 2 aliphatic rings. The van der Waals surface area contributed by atoms with Crippen molar-refractivity contribution in [3.8, 4) is 5.75 Å². The number of likely N-dealkylation sites (tertiary alicyclic amines) is 2. The van der Waals surface area contributed by atoms with Crippen LogP contribution in [-0.2, 0) is 5.60 Å². The van der Waals surface area contributed by atoms with Crippen LogP contribution in [-0.4, -0.2) is 66.2 Å². The molecule has 2 aliphatic heterocycles. The molecule has 0 unspecified atom stereocenters. The fraction of sp³-hybridized carbons (Fsp3) is 0.458. The molecule has 0 radical (unpaired) electrons. The predicted molar refractivity (Wildman–Crippen MR) is 116 cm³/mol. The lowest BCUT2D eigenvalue weighted by atomic mass is 9.79. The van der Waals surface area contributed by atoms with Crippen molar-refractivity contribution in [3.05, 3.63) is 65.7 Å². The van der Waals surface area contributed by atoms with Crippen molar-refractivity contribution in [3.63, 3.8) is 0 Å². The number of benzene rings is 2. The summed E-state index contributed by atoms with van der Waals surface area (Å²) in [5.41, 5.74) is 6.10. The quantitative estimate of drug-likeness (QED) is 0.765. The number of carbonyl (C=O) groups excluding carboxylic acids is 1. The van der Waals surface area contributed by atoms with Gasteiger partial charge < -0.3 is 20.5 Å². The smallest absolute Gasteiger partial charge is 0.254 e. The van der Waals surface area contributed by atoms with Gasteiger partial charge in [-0.05, 0) is 56.1 Å². The van der Waals surface area contributed by atoms with Gasteiger partial charge in [0.25, 0.3) is 5.91 Å². The molecule has 30 heavy (non-hydrogen) atoms. The number of amides is 1. The summed E-state index contributed by atoms with van der Waals surface area (Å²) in [7, 11) is 0. The van der Waals surface area contributed by atoms with Crippen molar-refractivity contribution < 1.29 is 14.6 Å². The maximum atomic E-state index is 13.3. The van der Waals surface area contributed by atoms with E-state index < -0.39 is 5.60 Å². The zero-order valence-electron chi connectivity index (χ0n) is 17.4. The van der Waals surface area contributed by atoms with Crippen LogP contribution in [0, 0.1) is 0 Å². The average molecular weight is 410 g/mol. The van der Waals surface area contributed by atoms with Gasteiger partial charge in [0.15, 0.2) is 0 Å². The molecule has 2 fully saturated rings. The molecule has 0 aromatic heterocycles. The first-order valence-electron chi connectivity index (χ1n) is 10.9. The first-order valence-corrected chi connectivity index (χ1v) is 10.9. The van der Waals surface area contributed by atoms with Crippen LogP contribution in [0.25, 0.3) is 0 Å². The van der Waals surface area contributed by atoms with Gasteiger partial charge in [-0.2, -0.15) is 0 Å². The molecule has 160 valence electrons. The minimum atomic E-state index is -0.950. The van der Waals surface area contributed by atoms with E-state index >= 15 is 0 Å². The molecule has 1 amide bonds. The van der Waals surface area contributed by atoms with Crippen molar-refractivity contribution in [2.24, 2.45) is 5.73 Å². The molecule has 2 heterocycles. The number of carbonyl (C=O) groups is 1. The van der Waals surface area contributed by atoms with Crippen molar-refractivity contribution in [2.75, 3.05) is 39.3 Å². The fourth-order valence-corrected chi connectivity index (χ4v) is 4.72. The molecule has 2 saturated heterocycles. The van der Waals surface area contributed by atoms with E-state index in [4.69, 9.17) is 10.5 Å². The Labute approximate surface area is 178 Å². The molecule has 0 bridgehead atoms. The van der Waals surface area contributed by atoms with Gasteiger partial charge in [-0.15, -0.1) is 0 Å². The number of rotatable bonds is 6. The molecule has 6 heteroatoms. The zero-order chi connectivity index (χ0) is 21.0. The molecule has 2 aromatic rings. The Kier molecular flexibility index (Phi) is 6.37. The summed E-state index contributed by atoms with van der Waals surface area (Å²) in [5.74, 6) is 0.632. The van der Waals surface area contributed by atoms with E-state index in [-0.39, 0.29) is 11.9 Å². The summed E-state index contributed by atoms with van der Waals surface area (Å²) in [6.07, 6.45) is 2.79. The number of ether oxygens (including phenoxy) is 1. The Bertz CT molecular complexity index is 854. The first kappa shape index (κ1) is 20.8. The molecule has 3 N–H and O–H groups in total. The lowest BCUT2D eigenvalue weighted by Gasteiger charge is -2.48. The number of nitrogens with zero attached hydrogens (tertiary/aromatic N) is 2. The highest BCUT2D eigenvalue weighted by molar-refractivity contribution is 5.94. The van der Waals surface area contributed by atoms with E-state index in [1.807, 2.05) is 53.4 Å². The predicted octanol–water partition coefficient (Wildman–Crippen LogP) is 2.22. The van der Waals surface area contributed by atoms with E-state index in [0.717, 1.165) is 31.5 Å². The second-order valence-electron chi connectivity index (χ2n) is 8.22. The van der Waals surface area contributed by atoms with Gasteiger partial charge >= 0.3 is 0 Å². The van der Waals surface area contributed by atoms with Gasteiger partial charge in [0, 0.05) is 25.2 Å². The Balaban J connectivity index is 1.56. The third kappa shape index (κ3) is 4.21. The van der Waals surface area contributed by atoms with Gasteiger partial charge in [0.05, 0.1) is 6.04 Å². The van der Waals surface area contributed by atoms with Gasteiger partial charge in [0.2, 0.25) is 0 Å². The molecular weight excluding hydrogens is 378 g/mol. The summed E-state index contributed by atoms with van der Waals surface area (Å²) in [5, 5.41) is 11.8. The zero-order valence-corrected chi connectivity index (χ0v) is 17.4. The van der Waals surface area contributed by atoms with Gasteiger partial charge in [-0.25, -0.2) is 0 Å². The van der Waals surface area contributed by atoms with Gasteiger partial charge in [-0.1, -0.05) is 36.4 Å². The second-order valence-corrected chi connectivity index (χ2v) is 8.22. The van der Waals surface area contributed by atoms with E-state index in [1.54, 1.807) is 6.07 Å². The van der Waals surface area contributed by atoms with E-state index in [9.17, 15) is 9.90 Å². The topological polar surface area (TPSA) is 79.0 Å². The minimum Gasteiger partial charge on any atom is -0.492 e. The highest BCUT2D eigenvalue weighted by atomic mass is 16.5. The second kappa shape index (κ2) is 9.16. The monoisotopic (exact) mass is 409 g/mol. The average Bonchev–Trinajstić information content (AvgIpc) is 3.33. The molecule has 2 aromatic carbocycles. The Morgan fingerprint density at radius 1 is 1.10 bits per heavy atom. The SMILES string of the molecule is NCCOc1cccc(C(=O)N2CC[C@](O)(c3ccccc3)[C@H](N3CCCC3)C2)c1. The van der Waals surface area contributed by atoms with Crippen LogP contribution in [0.1, 0.15) is 35.2 Å². The fourth-order valence-electron chi connectivity index (χ4n) is 4.72. The van der Waals surface area contributed by atoms with E-state index in [2.05, 4.69) is 4.90 Å². The van der Waals surface area contributed by atoms with Crippen LogP contribution in [0.2, 0.25) is 0 Å². The molecule has 0 spiro atoms. The number of hydrogen-bond acceptors (Lipinski definition) is 5. The summed E-state index contributed by atoms with van der Waals surface area (Å²) in [4.78, 5) is 17.5. The third-order valence-corrected chi connectivity index (χ3v) is 6.32. The van der Waals surface area contributed by atoms with Crippen LogP contribution < -0.4 is 10.5 Å².